The van der Waals surface area contributed by atoms with Gasteiger partial charge in [-0.25, -0.2) is 4.68 Å². The molecule has 4 nitrogen and oxygen atoms in total. The quantitative estimate of drug-likeness (QED) is 0.810. The minimum atomic E-state index is 0.217. The number of aromatic nitrogens is 3. The van der Waals surface area contributed by atoms with E-state index in [0.29, 0.717) is 6.54 Å². The second-order valence-electron chi connectivity index (χ2n) is 3.16. The summed E-state index contributed by atoms with van der Waals surface area (Å²) in [5.74, 6) is 0.848. The van der Waals surface area contributed by atoms with Crippen LogP contribution in [0.1, 0.15) is 23.2 Å². The number of hydrogen-bond acceptors (Lipinski definition) is 3. The van der Waals surface area contributed by atoms with E-state index >= 15 is 0 Å². The molecule has 0 fully saturated rings. The highest BCUT2D eigenvalue weighted by atomic mass is 79.9. The Balaban J connectivity index is 2.11. The lowest BCUT2D eigenvalue weighted by Crippen LogP contribution is -1.98. The summed E-state index contributed by atoms with van der Waals surface area (Å²) in [6.45, 7) is 2.61. The Kier molecular flexibility index (Phi) is 3.25. The summed E-state index contributed by atoms with van der Waals surface area (Å²) < 4.78 is 7.85. The molecule has 2 heterocycles. The summed E-state index contributed by atoms with van der Waals surface area (Å²) in [4.78, 5) is 0.217. The zero-order chi connectivity index (χ0) is 10.8. The van der Waals surface area contributed by atoms with E-state index in [1.807, 2.05) is 25.3 Å². The molecule has 0 aliphatic rings. The molecule has 0 radical (unpaired) electrons. The van der Waals surface area contributed by atoms with Gasteiger partial charge >= 0.3 is 0 Å². The van der Waals surface area contributed by atoms with Gasteiger partial charge in [0.05, 0.1) is 16.7 Å². The van der Waals surface area contributed by atoms with Crippen LogP contribution in [0, 0.1) is 0 Å². The minimum Gasteiger partial charge on any atom is -0.452 e. The van der Waals surface area contributed by atoms with Crippen molar-refractivity contribution in [3.05, 3.63) is 34.5 Å². The van der Waals surface area contributed by atoms with Gasteiger partial charge in [-0.3, -0.25) is 0 Å². The maximum atomic E-state index is 5.37. The monoisotopic (exact) mass is 333 g/mol. The molecule has 0 bridgehead atoms. The predicted octanol–water partition coefficient (Wildman–Crippen LogP) is 3.14. The third kappa shape index (κ3) is 2.69. The average molecular weight is 335 g/mol. The topological polar surface area (TPSA) is 43.9 Å². The first-order valence-corrected chi connectivity index (χ1v) is 6.14. The van der Waals surface area contributed by atoms with Crippen LogP contribution < -0.4 is 0 Å². The molecule has 80 valence electrons. The fourth-order valence-corrected chi connectivity index (χ4v) is 1.72. The van der Waals surface area contributed by atoms with Crippen molar-refractivity contribution in [3.63, 3.8) is 0 Å². The number of furan rings is 1. The smallest absolute Gasteiger partial charge is 0.169 e. The van der Waals surface area contributed by atoms with Gasteiger partial charge in [0.25, 0.3) is 0 Å². The largest absolute Gasteiger partial charge is 0.452 e. The molecular weight excluding hydrogens is 326 g/mol. The normalized spacial score (nSPS) is 13.0. The van der Waals surface area contributed by atoms with Crippen molar-refractivity contribution in [1.29, 1.82) is 0 Å². The molecule has 0 N–H and O–H groups in total. The van der Waals surface area contributed by atoms with Crippen LogP contribution in [0.2, 0.25) is 0 Å². The van der Waals surface area contributed by atoms with E-state index in [9.17, 15) is 0 Å². The maximum Gasteiger partial charge on any atom is 0.169 e. The average Bonchev–Trinajstić information content (AvgIpc) is 2.76. The Labute approximate surface area is 104 Å². The number of rotatable bonds is 3. The highest BCUT2D eigenvalue weighted by Gasteiger charge is 2.07. The molecule has 0 aliphatic heterocycles. The Morgan fingerprint density at radius 1 is 1.53 bits per heavy atom. The third-order valence-corrected chi connectivity index (χ3v) is 2.81. The van der Waals surface area contributed by atoms with Gasteiger partial charge in [-0.05, 0) is 35.0 Å². The van der Waals surface area contributed by atoms with E-state index < -0.39 is 0 Å². The van der Waals surface area contributed by atoms with Crippen LogP contribution >= 0.6 is 31.9 Å². The van der Waals surface area contributed by atoms with Crippen LogP contribution in [-0.2, 0) is 6.54 Å². The van der Waals surface area contributed by atoms with E-state index in [1.54, 1.807) is 4.68 Å². The van der Waals surface area contributed by atoms with Gasteiger partial charge in [-0.2, -0.15) is 0 Å². The highest BCUT2D eigenvalue weighted by molar-refractivity contribution is 9.10. The summed E-state index contributed by atoms with van der Waals surface area (Å²) in [7, 11) is 0. The van der Waals surface area contributed by atoms with Gasteiger partial charge < -0.3 is 4.42 Å². The first-order chi connectivity index (χ1) is 7.15. The van der Waals surface area contributed by atoms with Crippen molar-refractivity contribution in [2.24, 2.45) is 0 Å². The van der Waals surface area contributed by atoms with Gasteiger partial charge in [-0.15, -0.1) is 5.10 Å². The van der Waals surface area contributed by atoms with Gasteiger partial charge in [0.15, 0.2) is 4.67 Å². The lowest BCUT2D eigenvalue weighted by atomic mass is 10.4. The van der Waals surface area contributed by atoms with Crippen LogP contribution in [0.4, 0.5) is 0 Å². The number of halogens is 2. The SMILES string of the molecule is CC(Br)c1cn(Cc2ccc(Br)o2)nn1. The van der Waals surface area contributed by atoms with E-state index in [4.69, 9.17) is 4.42 Å². The van der Waals surface area contributed by atoms with Crippen LogP contribution in [0.15, 0.2) is 27.4 Å². The number of hydrogen-bond donors (Lipinski definition) is 0. The number of nitrogens with zero attached hydrogens (tertiary/aromatic N) is 3. The summed E-state index contributed by atoms with van der Waals surface area (Å²) in [6, 6.07) is 3.77. The maximum absolute atomic E-state index is 5.37. The Bertz CT molecular complexity index is 450. The molecule has 0 amide bonds. The van der Waals surface area contributed by atoms with Crippen molar-refractivity contribution < 1.29 is 4.42 Å². The first kappa shape index (κ1) is 10.9. The number of alkyl halides is 1. The molecule has 1 atom stereocenters. The fourth-order valence-electron chi connectivity index (χ4n) is 1.17. The standard InChI is InChI=1S/C9H9Br2N3O/c1-6(10)8-5-14(13-12-8)4-7-2-3-9(11)15-7/h2-3,5-6H,4H2,1H3. The van der Waals surface area contributed by atoms with E-state index in [1.165, 1.54) is 0 Å². The fraction of sp³-hybridized carbons (Fsp3) is 0.333. The van der Waals surface area contributed by atoms with Crippen LogP contribution in [0.5, 0.6) is 0 Å². The van der Waals surface area contributed by atoms with Crippen LogP contribution in [0.25, 0.3) is 0 Å². The summed E-state index contributed by atoms with van der Waals surface area (Å²) in [5.41, 5.74) is 0.917. The zero-order valence-corrected chi connectivity index (χ0v) is 11.2. The molecule has 0 aromatic carbocycles. The summed E-state index contributed by atoms with van der Waals surface area (Å²) in [5, 5.41) is 8.03. The second-order valence-corrected chi connectivity index (χ2v) is 5.32. The highest BCUT2D eigenvalue weighted by Crippen LogP contribution is 2.19. The van der Waals surface area contributed by atoms with Gasteiger partial charge in [0.2, 0.25) is 0 Å². The molecule has 0 spiro atoms. The minimum absolute atomic E-state index is 0.217. The first-order valence-electron chi connectivity index (χ1n) is 4.43. The Hall–Kier alpha value is -0.620. The molecule has 0 saturated carbocycles. The van der Waals surface area contributed by atoms with Crippen molar-refractivity contribution in [2.75, 3.05) is 0 Å². The summed E-state index contributed by atoms with van der Waals surface area (Å²) in [6.07, 6.45) is 1.90. The van der Waals surface area contributed by atoms with Crippen molar-refractivity contribution in [2.45, 2.75) is 18.3 Å². The molecule has 2 rings (SSSR count). The molecule has 15 heavy (non-hydrogen) atoms. The molecule has 2 aromatic heterocycles. The van der Waals surface area contributed by atoms with E-state index in [0.717, 1.165) is 16.1 Å². The van der Waals surface area contributed by atoms with E-state index in [-0.39, 0.29) is 4.83 Å². The predicted molar refractivity (Wildman–Crippen MR) is 62.9 cm³/mol. The molecular formula is C9H9Br2N3O. The van der Waals surface area contributed by atoms with Gasteiger partial charge in [0, 0.05) is 0 Å². The molecule has 2 aromatic rings. The third-order valence-electron chi connectivity index (χ3n) is 1.91. The summed E-state index contributed by atoms with van der Waals surface area (Å²) >= 11 is 6.69. The lowest BCUT2D eigenvalue weighted by Gasteiger charge is -1.95. The zero-order valence-electron chi connectivity index (χ0n) is 8.02. The molecule has 0 aliphatic carbocycles. The molecule has 0 saturated heterocycles. The van der Waals surface area contributed by atoms with Gasteiger partial charge in [0.1, 0.15) is 12.3 Å². The van der Waals surface area contributed by atoms with Crippen molar-refractivity contribution >= 4 is 31.9 Å². The van der Waals surface area contributed by atoms with E-state index in [2.05, 4.69) is 42.2 Å². The van der Waals surface area contributed by atoms with Crippen molar-refractivity contribution in [1.82, 2.24) is 15.0 Å². The van der Waals surface area contributed by atoms with Gasteiger partial charge in [-0.1, -0.05) is 21.1 Å². The van der Waals surface area contributed by atoms with Crippen LogP contribution in [0.3, 0.4) is 0 Å². The second kappa shape index (κ2) is 4.49. The molecule has 6 heteroatoms. The molecule has 1 unspecified atom stereocenters. The Morgan fingerprint density at radius 2 is 2.33 bits per heavy atom. The Morgan fingerprint density at radius 3 is 2.87 bits per heavy atom. The van der Waals surface area contributed by atoms with Crippen molar-refractivity contribution in [3.8, 4) is 0 Å². The lowest BCUT2D eigenvalue weighted by molar-refractivity contribution is 0.459. The van der Waals surface area contributed by atoms with Crippen LogP contribution in [-0.4, -0.2) is 15.0 Å².